The molecule has 23 heavy (non-hydrogen) atoms. The molecular weight excluding hydrogens is 302 g/mol. The van der Waals surface area contributed by atoms with Crippen LogP contribution in [0.15, 0.2) is 27.4 Å². The zero-order chi connectivity index (χ0) is 16.4. The van der Waals surface area contributed by atoms with Crippen LogP contribution in [-0.2, 0) is 6.54 Å². The van der Waals surface area contributed by atoms with E-state index >= 15 is 0 Å². The lowest BCUT2D eigenvalue weighted by molar-refractivity contribution is -0.384. The highest BCUT2D eigenvalue weighted by atomic mass is 16.6. The Hall–Kier alpha value is -2.19. The van der Waals surface area contributed by atoms with Gasteiger partial charge in [0.25, 0.3) is 5.69 Å². The first-order valence-corrected chi connectivity index (χ1v) is 7.73. The minimum absolute atomic E-state index is 0.0630. The van der Waals surface area contributed by atoms with Crippen LogP contribution >= 0.6 is 0 Å². The molecule has 0 unspecified atom stereocenters. The molecule has 1 aromatic carbocycles. The highest BCUT2D eigenvalue weighted by molar-refractivity contribution is 5.75. The van der Waals surface area contributed by atoms with Crippen LogP contribution in [0.25, 0.3) is 11.1 Å². The summed E-state index contributed by atoms with van der Waals surface area (Å²) in [6.45, 7) is 1.97. The first kappa shape index (κ1) is 15.7. The van der Waals surface area contributed by atoms with Crippen molar-refractivity contribution in [1.29, 1.82) is 0 Å². The van der Waals surface area contributed by atoms with Crippen molar-refractivity contribution < 1.29 is 14.4 Å². The van der Waals surface area contributed by atoms with Gasteiger partial charge in [-0.3, -0.25) is 19.6 Å². The monoisotopic (exact) mass is 321 g/mol. The van der Waals surface area contributed by atoms with Crippen molar-refractivity contribution in [3.63, 3.8) is 0 Å². The van der Waals surface area contributed by atoms with Gasteiger partial charge in [-0.15, -0.1) is 0 Å². The first-order chi connectivity index (χ1) is 11.1. The predicted molar refractivity (Wildman–Crippen MR) is 83.4 cm³/mol. The molecule has 0 spiro atoms. The van der Waals surface area contributed by atoms with E-state index in [0.29, 0.717) is 36.7 Å². The molecule has 0 saturated heterocycles. The van der Waals surface area contributed by atoms with Crippen molar-refractivity contribution in [2.24, 2.45) is 0 Å². The number of aliphatic hydroxyl groups is 1. The van der Waals surface area contributed by atoms with Gasteiger partial charge in [0.15, 0.2) is 5.58 Å². The number of fused-ring (bicyclic) bond motifs is 1. The number of nitro groups is 1. The van der Waals surface area contributed by atoms with Crippen LogP contribution in [-0.4, -0.2) is 45.2 Å². The number of aromatic nitrogens is 1. The van der Waals surface area contributed by atoms with E-state index in [1.165, 1.54) is 22.8 Å². The van der Waals surface area contributed by atoms with E-state index in [1.54, 1.807) is 0 Å². The lowest BCUT2D eigenvalue weighted by Crippen LogP contribution is -2.31. The molecule has 1 saturated carbocycles. The maximum atomic E-state index is 11.9. The van der Waals surface area contributed by atoms with Crippen LogP contribution in [0.3, 0.4) is 0 Å². The molecule has 0 radical (unpaired) electrons. The van der Waals surface area contributed by atoms with Gasteiger partial charge in [-0.25, -0.2) is 4.79 Å². The third kappa shape index (κ3) is 3.43. The molecule has 8 nitrogen and oxygen atoms in total. The van der Waals surface area contributed by atoms with Crippen molar-refractivity contribution >= 4 is 16.8 Å². The molecule has 1 aromatic heterocycles. The van der Waals surface area contributed by atoms with Crippen LogP contribution in [0.1, 0.15) is 19.3 Å². The van der Waals surface area contributed by atoms with Crippen LogP contribution in [0.5, 0.6) is 0 Å². The maximum absolute atomic E-state index is 11.9. The molecule has 0 atom stereocenters. The van der Waals surface area contributed by atoms with E-state index in [1.807, 2.05) is 0 Å². The largest absolute Gasteiger partial charge is 0.419 e. The molecule has 3 rings (SSSR count). The van der Waals surface area contributed by atoms with Gasteiger partial charge >= 0.3 is 5.76 Å². The van der Waals surface area contributed by atoms with Crippen LogP contribution < -0.4 is 5.76 Å². The van der Waals surface area contributed by atoms with Gasteiger partial charge in [0.1, 0.15) is 0 Å². The topological polar surface area (TPSA) is 102 Å². The standard InChI is InChI=1S/C15H19N3O5/c19-9-8-16(11-2-3-11)6-1-7-17-13-10-12(18(21)22)4-5-14(13)23-15(17)20/h4-5,10-11,19H,1-3,6-9H2. The Labute approximate surface area is 132 Å². The average molecular weight is 321 g/mol. The summed E-state index contributed by atoms with van der Waals surface area (Å²) >= 11 is 0. The van der Waals surface area contributed by atoms with E-state index < -0.39 is 10.7 Å². The second-order valence-corrected chi connectivity index (χ2v) is 5.77. The molecule has 1 heterocycles. The van der Waals surface area contributed by atoms with Gasteiger partial charge in [-0.2, -0.15) is 0 Å². The quantitative estimate of drug-likeness (QED) is 0.581. The number of benzene rings is 1. The van der Waals surface area contributed by atoms with Gasteiger partial charge in [0, 0.05) is 37.8 Å². The minimum Gasteiger partial charge on any atom is -0.408 e. The molecule has 1 aliphatic rings. The number of nitro benzene ring substituents is 1. The second-order valence-electron chi connectivity index (χ2n) is 5.77. The van der Waals surface area contributed by atoms with E-state index in [4.69, 9.17) is 9.52 Å². The van der Waals surface area contributed by atoms with E-state index in [-0.39, 0.29) is 12.3 Å². The van der Waals surface area contributed by atoms with Crippen LogP contribution in [0.2, 0.25) is 0 Å². The number of hydrogen-bond donors (Lipinski definition) is 1. The fraction of sp³-hybridized carbons (Fsp3) is 0.533. The van der Waals surface area contributed by atoms with E-state index in [9.17, 15) is 14.9 Å². The summed E-state index contributed by atoms with van der Waals surface area (Å²) < 4.78 is 6.57. The third-order valence-electron chi connectivity index (χ3n) is 4.14. The zero-order valence-electron chi connectivity index (χ0n) is 12.7. The fourth-order valence-electron chi connectivity index (χ4n) is 2.85. The summed E-state index contributed by atoms with van der Waals surface area (Å²) in [5.74, 6) is -0.499. The number of hydrogen-bond acceptors (Lipinski definition) is 6. The molecule has 0 bridgehead atoms. The zero-order valence-corrected chi connectivity index (χ0v) is 12.7. The summed E-state index contributed by atoms with van der Waals surface area (Å²) in [6.07, 6.45) is 3.02. The van der Waals surface area contributed by atoms with Gasteiger partial charge in [0.05, 0.1) is 17.0 Å². The number of aryl methyl sites for hydroxylation is 1. The van der Waals surface area contributed by atoms with Gasteiger partial charge in [-0.1, -0.05) is 0 Å². The lowest BCUT2D eigenvalue weighted by atomic mass is 10.3. The third-order valence-corrected chi connectivity index (χ3v) is 4.14. The lowest BCUT2D eigenvalue weighted by Gasteiger charge is -2.20. The van der Waals surface area contributed by atoms with Crippen molar-refractivity contribution in [3.8, 4) is 0 Å². The highest BCUT2D eigenvalue weighted by Crippen LogP contribution is 2.26. The van der Waals surface area contributed by atoms with E-state index in [0.717, 1.165) is 19.4 Å². The molecule has 0 amide bonds. The molecule has 8 heteroatoms. The average Bonchev–Trinajstić information content (AvgIpc) is 3.31. The molecule has 1 fully saturated rings. The molecule has 1 N–H and O–H groups in total. The molecule has 0 aliphatic heterocycles. The summed E-state index contributed by atoms with van der Waals surface area (Å²) in [7, 11) is 0. The number of nitrogens with zero attached hydrogens (tertiary/aromatic N) is 3. The van der Waals surface area contributed by atoms with Crippen molar-refractivity contribution in [1.82, 2.24) is 9.47 Å². The van der Waals surface area contributed by atoms with E-state index in [2.05, 4.69) is 4.90 Å². The molecule has 2 aromatic rings. The number of oxazole rings is 1. The SMILES string of the molecule is O=c1oc2ccc([N+](=O)[O-])cc2n1CCCN(CCO)C1CC1. The normalized spacial score (nSPS) is 14.7. The van der Waals surface area contributed by atoms with Crippen molar-refractivity contribution in [2.45, 2.75) is 31.8 Å². The summed E-state index contributed by atoms with van der Waals surface area (Å²) in [6, 6.07) is 4.69. The minimum atomic E-state index is -0.499. The fourth-order valence-corrected chi connectivity index (χ4v) is 2.85. The Morgan fingerprint density at radius 2 is 2.17 bits per heavy atom. The Balaban J connectivity index is 1.73. The molecule has 1 aliphatic carbocycles. The molecular formula is C15H19N3O5. The van der Waals surface area contributed by atoms with Crippen molar-refractivity contribution in [3.05, 3.63) is 38.9 Å². The summed E-state index contributed by atoms with van der Waals surface area (Å²) in [4.78, 5) is 24.5. The van der Waals surface area contributed by atoms with Crippen LogP contribution in [0, 0.1) is 10.1 Å². The smallest absolute Gasteiger partial charge is 0.408 e. The van der Waals surface area contributed by atoms with Gasteiger partial charge < -0.3 is 9.52 Å². The first-order valence-electron chi connectivity index (χ1n) is 7.73. The Morgan fingerprint density at radius 1 is 1.39 bits per heavy atom. The maximum Gasteiger partial charge on any atom is 0.419 e. The number of rotatable bonds is 8. The Kier molecular flexibility index (Phi) is 4.44. The summed E-state index contributed by atoms with van der Waals surface area (Å²) in [5, 5.41) is 20.0. The Morgan fingerprint density at radius 3 is 2.83 bits per heavy atom. The highest BCUT2D eigenvalue weighted by Gasteiger charge is 2.28. The number of aliphatic hydroxyl groups excluding tert-OH is 1. The van der Waals surface area contributed by atoms with Gasteiger partial charge in [0.2, 0.25) is 0 Å². The summed E-state index contributed by atoms with van der Waals surface area (Å²) in [5.41, 5.74) is 0.742. The second kappa shape index (κ2) is 6.51. The van der Waals surface area contributed by atoms with Crippen LogP contribution in [0.4, 0.5) is 5.69 Å². The van der Waals surface area contributed by atoms with Gasteiger partial charge in [-0.05, 0) is 25.3 Å². The number of non-ortho nitro benzene ring substituents is 1. The Bertz CT molecular complexity index is 762. The van der Waals surface area contributed by atoms with Crippen molar-refractivity contribution in [2.75, 3.05) is 19.7 Å². The molecule has 124 valence electrons. The predicted octanol–water partition coefficient (Wildman–Crippen LogP) is 1.35.